The molecule has 0 aromatic rings. The summed E-state index contributed by atoms with van der Waals surface area (Å²) in [7, 11) is 0. The Morgan fingerprint density at radius 2 is 1.14 bits per heavy atom. The first-order chi connectivity index (χ1) is 10.6. The topological polar surface area (TPSA) is 77.8 Å². The van der Waals surface area contributed by atoms with E-state index < -0.39 is 18.2 Å². The Morgan fingerprint density at radius 3 is 1.59 bits per heavy atom. The van der Waals surface area contributed by atoms with E-state index in [4.69, 9.17) is 5.11 Å². The molecule has 22 heavy (non-hydrogen) atoms. The first-order valence-corrected chi connectivity index (χ1v) is 9.15. The van der Waals surface area contributed by atoms with Crippen LogP contribution in [0.5, 0.6) is 0 Å². The lowest BCUT2D eigenvalue weighted by Crippen LogP contribution is -2.25. The van der Waals surface area contributed by atoms with Crippen LogP contribution < -0.4 is 0 Å². The van der Waals surface area contributed by atoms with Crippen LogP contribution in [0.3, 0.4) is 0 Å². The number of carboxylic acid groups (broad SMARTS) is 1. The van der Waals surface area contributed by atoms with Crippen molar-refractivity contribution in [2.24, 2.45) is 0 Å². The van der Waals surface area contributed by atoms with E-state index in [1.165, 1.54) is 44.9 Å². The molecular weight excluding hydrogens is 280 g/mol. The van der Waals surface area contributed by atoms with Gasteiger partial charge in [-0.2, -0.15) is 0 Å². The number of carbonyl (C=O) groups is 1. The molecule has 0 saturated carbocycles. The molecule has 0 radical (unpaired) electrons. The Labute approximate surface area is 135 Å². The fraction of sp³-hybridized carbons (Fsp3) is 0.944. The molecule has 0 aliphatic rings. The largest absolute Gasteiger partial charge is 0.481 e. The number of rotatable bonds is 16. The highest BCUT2D eigenvalue weighted by atomic mass is 16.4. The van der Waals surface area contributed by atoms with Crippen molar-refractivity contribution >= 4 is 5.97 Å². The first-order valence-electron chi connectivity index (χ1n) is 9.15. The van der Waals surface area contributed by atoms with E-state index in [-0.39, 0.29) is 6.42 Å². The van der Waals surface area contributed by atoms with Gasteiger partial charge in [-0.1, -0.05) is 71.1 Å². The Hall–Kier alpha value is -0.610. The first kappa shape index (κ1) is 21.4. The number of aliphatic hydroxyl groups excluding tert-OH is 2. The number of hydrogen-bond acceptors (Lipinski definition) is 3. The molecule has 0 spiro atoms. The van der Waals surface area contributed by atoms with Crippen LogP contribution >= 0.6 is 0 Å². The summed E-state index contributed by atoms with van der Waals surface area (Å²) in [5.41, 5.74) is 0. The average Bonchev–Trinajstić information content (AvgIpc) is 2.49. The lowest BCUT2D eigenvalue weighted by Gasteiger charge is -2.17. The van der Waals surface area contributed by atoms with Gasteiger partial charge in [-0.15, -0.1) is 0 Å². The predicted molar refractivity (Wildman–Crippen MR) is 90.0 cm³/mol. The SMILES string of the molecule is CCCCCCCCCCC[C@H](O)[C@@H](O)CCCCC(=O)O. The molecule has 0 amide bonds. The third kappa shape index (κ3) is 14.3. The minimum atomic E-state index is -0.801. The van der Waals surface area contributed by atoms with E-state index in [0.29, 0.717) is 25.7 Å². The van der Waals surface area contributed by atoms with Crippen molar-refractivity contribution in [3.8, 4) is 0 Å². The molecule has 2 atom stereocenters. The normalized spacial score (nSPS) is 14.0. The maximum absolute atomic E-state index is 10.4. The lowest BCUT2D eigenvalue weighted by molar-refractivity contribution is -0.137. The quantitative estimate of drug-likeness (QED) is 0.371. The van der Waals surface area contributed by atoms with Gasteiger partial charge in [0, 0.05) is 6.42 Å². The Bertz CT molecular complexity index is 255. The molecule has 0 heterocycles. The van der Waals surface area contributed by atoms with Crippen LogP contribution in [0, 0.1) is 0 Å². The maximum atomic E-state index is 10.4. The van der Waals surface area contributed by atoms with Crippen LogP contribution in [-0.4, -0.2) is 33.5 Å². The summed E-state index contributed by atoms with van der Waals surface area (Å²) < 4.78 is 0. The molecule has 0 aliphatic carbocycles. The van der Waals surface area contributed by atoms with Crippen LogP contribution in [0.1, 0.15) is 96.8 Å². The van der Waals surface area contributed by atoms with E-state index in [2.05, 4.69) is 6.92 Å². The summed E-state index contributed by atoms with van der Waals surface area (Å²) >= 11 is 0. The fourth-order valence-corrected chi connectivity index (χ4v) is 2.68. The van der Waals surface area contributed by atoms with E-state index in [1.807, 2.05) is 0 Å². The second-order valence-corrected chi connectivity index (χ2v) is 6.39. The van der Waals surface area contributed by atoms with Crippen molar-refractivity contribution in [3.05, 3.63) is 0 Å². The second kappa shape index (κ2) is 15.3. The van der Waals surface area contributed by atoms with Gasteiger partial charge < -0.3 is 15.3 Å². The molecule has 4 nitrogen and oxygen atoms in total. The average molecular weight is 316 g/mol. The summed E-state index contributed by atoms with van der Waals surface area (Å²) in [4.78, 5) is 10.4. The van der Waals surface area contributed by atoms with Crippen LogP contribution in [0.15, 0.2) is 0 Å². The number of aliphatic hydroxyl groups is 2. The van der Waals surface area contributed by atoms with E-state index >= 15 is 0 Å². The van der Waals surface area contributed by atoms with Gasteiger partial charge in [0.2, 0.25) is 0 Å². The highest BCUT2D eigenvalue weighted by Gasteiger charge is 2.15. The van der Waals surface area contributed by atoms with E-state index in [0.717, 1.165) is 12.8 Å². The molecule has 3 N–H and O–H groups in total. The summed E-state index contributed by atoms with van der Waals surface area (Å²) in [6, 6.07) is 0. The zero-order valence-electron chi connectivity index (χ0n) is 14.3. The number of unbranched alkanes of at least 4 members (excludes halogenated alkanes) is 9. The van der Waals surface area contributed by atoms with Crippen molar-refractivity contribution < 1.29 is 20.1 Å². The Kier molecular flexibility index (Phi) is 14.9. The van der Waals surface area contributed by atoms with Gasteiger partial charge in [0.05, 0.1) is 12.2 Å². The smallest absolute Gasteiger partial charge is 0.303 e. The molecule has 4 heteroatoms. The van der Waals surface area contributed by atoms with Gasteiger partial charge in [-0.25, -0.2) is 0 Å². The van der Waals surface area contributed by atoms with Gasteiger partial charge >= 0.3 is 5.97 Å². The third-order valence-corrected chi connectivity index (χ3v) is 4.19. The number of hydrogen-bond donors (Lipinski definition) is 3. The fourth-order valence-electron chi connectivity index (χ4n) is 2.68. The van der Waals surface area contributed by atoms with Crippen molar-refractivity contribution in [2.45, 2.75) is 109 Å². The minimum Gasteiger partial charge on any atom is -0.481 e. The van der Waals surface area contributed by atoms with Crippen molar-refractivity contribution in [2.75, 3.05) is 0 Å². The minimum absolute atomic E-state index is 0.140. The highest BCUT2D eigenvalue weighted by Crippen LogP contribution is 2.14. The summed E-state index contributed by atoms with van der Waals surface area (Å²) in [5, 5.41) is 28.2. The predicted octanol–water partition coefficient (Wildman–Crippen LogP) is 4.27. The molecule has 0 aromatic heterocycles. The molecule has 0 unspecified atom stereocenters. The van der Waals surface area contributed by atoms with Gasteiger partial charge in [-0.3, -0.25) is 4.79 Å². The number of aliphatic carboxylic acids is 1. The summed E-state index contributed by atoms with van der Waals surface area (Å²) in [6.45, 7) is 2.23. The zero-order valence-corrected chi connectivity index (χ0v) is 14.3. The molecule has 0 bridgehead atoms. The lowest BCUT2D eigenvalue weighted by atomic mass is 10.00. The summed E-state index contributed by atoms with van der Waals surface area (Å²) in [6.07, 6.45) is 12.3. The van der Waals surface area contributed by atoms with Gasteiger partial charge in [0.25, 0.3) is 0 Å². The van der Waals surface area contributed by atoms with Crippen LogP contribution in [-0.2, 0) is 4.79 Å². The molecule has 132 valence electrons. The zero-order chi connectivity index (χ0) is 16.6. The third-order valence-electron chi connectivity index (χ3n) is 4.19. The second-order valence-electron chi connectivity index (χ2n) is 6.39. The molecule has 0 aromatic carbocycles. The van der Waals surface area contributed by atoms with Crippen molar-refractivity contribution in [1.29, 1.82) is 0 Å². The van der Waals surface area contributed by atoms with Crippen LogP contribution in [0.4, 0.5) is 0 Å². The van der Waals surface area contributed by atoms with Crippen LogP contribution in [0.2, 0.25) is 0 Å². The van der Waals surface area contributed by atoms with Crippen LogP contribution in [0.25, 0.3) is 0 Å². The van der Waals surface area contributed by atoms with Gasteiger partial charge in [-0.05, 0) is 19.3 Å². The monoisotopic (exact) mass is 316 g/mol. The molecular formula is C18H36O4. The van der Waals surface area contributed by atoms with Gasteiger partial charge in [0.15, 0.2) is 0 Å². The summed E-state index contributed by atoms with van der Waals surface area (Å²) in [5.74, 6) is -0.801. The molecule has 0 fully saturated rings. The molecule has 0 saturated heterocycles. The van der Waals surface area contributed by atoms with Crippen molar-refractivity contribution in [1.82, 2.24) is 0 Å². The number of carboxylic acids is 1. The van der Waals surface area contributed by atoms with Crippen molar-refractivity contribution in [3.63, 3.8) is 0 Å². The standard InChI is InChI=1S/C18H36O4/c1-2-3-4-5-6-7-8-9-10-13-16(19)17(20)14-11-12-15-18(21)22/h16-17,19-20H,2-15H2,1H3,(H,21,22)/t16-,17-/m0/s1. The maximum Gasteiger partial charge on any atom is 0.303 e. The Balaban J connectivity index is 3.36. The van der Waals surface area contributed by atoms with E-state index in [1.54, 1.807) is 0 Å². The van der Waals surface area contributed by atoms with Gasteiger partial charge in [0.1, 0.15) is 0 Å². The Morgan fingerprint density at radius 1 is 0.727 bits per heavy atom. The highest BCUT2D eigenvalue weighted by molar-refractivity contribution is 5.66. The molecule has 0 rings (SSSR count). The van der Waals surface area contributed by atoms with E-state index in [9.17, 15) is 15.0 Å². The molecule has 0 aliphatic heterocycles.